The summed E-state index contributed by atoms with van der Waals surface area (Å²) in [5, 5.41) is 26.2. The van der Waals surface area contributed by atoms with Gasteiger partial charge < -0.3 is 10.0 Å². The molecule has 0 bridgehead atoms. The lowest BCUT2D eigenvalue weighted by molar-refractivity contribution is 0.475. The first kappa shape index (κ1) is 17.9. The van der Waals surface area contributed by atoms with Crippen LogP contribution in [0.4, 0.5) is 28.4 Å². The molecule has 140 valence electrons. The second-order valence-corrected chi connectivity index (χ2v) is 6.64. The van der Waals surface area contributed by atoms with Crippen LogP contribution < -0.4 is 4.90 Å². The fourth-order valence-corrected chi connectivity index (χ4v) is 3.04. The van der Waals surface area contributed by atoms with Gasteiger partial charge >= 0.3 is 0 Å². The van der Waals surface area contributed by atoms with Crippen molar-refractivity contribution < 1.29 is 5.11 Å². The molecule has 6 heteroatoms. The highest BCUT2D eigenvalue weighted by Crippen LogP contribution is 2.26. The van der Waals surface area contributed by atoms with Crippen molar-refractivity contribution in [3.8, 4) is 5.75 Å². The molecule has 0 amide bonds. The summed E-state index contributed by atoms with van der Waals surface area (Å²) in [5.41, 5.74) is 4.24. The van der Waals surface area contributed by atoms with Gasteiger partial charge in [0.2, 0.25) is 0 Å². The molecule has 0 atom stereocenters. The third kappa shape index (κ3) is 4.59. The summed E-state index contributed by atoms with van der Waals surface area (Å²) in [6.07, 6.45) is 2.54. The molecule has 0 radical (unpaired) electrons. The molecule has 0 aromatic heterocycles. The Kier molecular flexibility index (Phi) is 5.38. The standard InChI is InChI=1S/C22H21N5O/c28-22-13-9-20(10-14-22)26-24-18-5-3-17(4-6-18)23-25-19-7-11-21(12-8-19)27-15-1-2-16-27/h3-14,28H,1-2,15-16H2/b25-23+,26-24+. The monoisotopic (exact) mass is 371 g/mol. The van der Waals surface area contributed by atoms with Crippen LogP contribution in [-0.4, -0.2) is 18.2 Å². The summed E-state index contributed by atoms with van der Waals surface area (Å²) in [5.74, 6) is 0.208. The summed E-state index contributed by atoms with van der Waals surface area (Å²) in [6.45, 7) is 2.27. The van der Waals surface area contributed by atoms with Gasteiger partial charge in [-0.2, -0.15) is 20.5 Å². The average Bonchev–Trinajstić information content (AvgIpc) is 3.28. The number of benzene rings is 3. The van der Waals surface area contributed by atoms with Gasteiger partial charge in [-0.1, -0.05) is 0 Å². The molecule has 0 aliphatic carbocycles. The van der Waals surface area contributed by atoms with Gasteiger partial charge in [-0.15, -0.1) is 0 Å². The van der Waals surface area contributed by atoms with Crippen molar-refractivity contribution in [2.45, 2.75) is 12.8 Å². The van der Waals surface area contributed by atoms with Gasteiger partial charge in [-0.25, -0.2) is 0 Å². The van der Waals surface area contributed by atoms with Crippen LogP contribution in [0.1, 0.15) is 12.8 Å². The van der Waals surface area contributed by atoms with E-state index in [9.17, 15) is 5.11 Å². The van der Waals surface area contributed by atoms with E-state index < -0.39 is 0 Å². The Morgan fingerprint density at radius 3 is 1.32 bits per heavy atom. The lowest BCUT2D eigenvalue weighted by Crippen LogP contribution is -2.17. The van der Waals surface area contributed by atoms with Crippen LogP contribution in [0.5, 0.6) is 5.75 Å². The molecule has 1 aliphatic rings. The highest BCUT2D eigenvalue weighted by atomic mass is 16.3. The van der Waals surface area contributed by atoms with Crippen LogP contribution in [0.3, 0.4) is 0 Å². The maximum absolute atomic E-state index is 9.27. The number of phenols is 1. The minimum Gasteiger partial charge on any atom is -0.508 e. The number of hydrogen-bond acceptors (Lipinski definition) is 6. The largest absolute Gasteiger partial charge is 0.508 e. The third-order valence-corrected chi connectivity index (χ3v) is 4.58. The molecule has 1 heterocycles. The van der Waals surface area contributed by atoms with Crippen LogP contribution in [0, 0.1) is 0 Å². The maximum Gasteiger partial charge on any atom is 0.115 e. The number of phenolic OH excluding ortho intramolecular Hbond substituents is 1. The number of anilines is 1. The predicted octanol–water partition coefficient (Wildman–Crippen LogP) is 6.82. The minimum atomic E-state index is 0.208. The lowest BCUT2D eigenvalue weighted by atomic mass is 10.2. The van der Waals surface area contributed by atoms with Gasteiger partial charge in [0.1, 0.15) is 5.75 Å². The Labute approximate surface area is 163 Å². The zero-order chi connectivity index (χ0) is 19.2. The van der Waals surface area contributed by atoms with Gasteiger partial charge in [0.15, 0.2) is 0 Å². The van der Waals surface area contributed by atoms with Crippen LogP contribution in [0.25, 0.3) is 0 Å². The van der Waals surface area contributed by atoms with E-state index in [0.29, 0.717) is 5.69 Å². The van der Waals surface area contributed by atoms with Gasteiger partial charge in [0.25, 0.3) is 0 Å². The fourth-order valence-electron chi connectivity index (χ4n) is 3.04. The lowest BCUT2D eigenvalue weighted by Gasteiger charge is -2.17. The normalized spacial score (nSPS) is 14.4. The molecule has 28 heavy (non-hydrogen) atoms. The quantitative estimate of drug-likeness (QED) is 0.500. The van der Waals surface area contributed by atoms with Crippen molar-refractivity contribution in [3.63, 3.8) is 0 Å². The van der Waals surface area contributed by atoms with E-state index in [4.69, 9.17) is 0 Å². The van der Waals surface area contributed by atoms with Gasteiger partial charge in [0, 0.05) is 18.8 Å². The zero-order valence-corrected chi connectivity index (χ0v) is 15.4. The Bertz CT molecular complexity index is 957. The molecule has 6 nitrogen and oxygen atoms in total. The van der Waals surface area contributed by atoms with Crippen molar-refractivity contribution in [2.75, 3.05) is 18.0 Å². The smallest absolute Gasteiger partial charge is 0.115 e. The van der Waals surface area contributed by atoms with Crippen molar-refractivity contribution in [1.29, 1.82) is 0 Å². The van der Waals surface area contributed by atoms with Gasteiger partial charge in [-0.3, -0.25) is 0 Å². The Hall–Kier alpha value is -3.54. The summed E-state index contributed by atoms with van der Waals surface area (Å²) < 4.78 is 0. The van der Waals surface area contributed by atoms with Crippen LogP contribution in [-0.2, 0) is 0 Å². The summed E-state index contributed by atoms with van der Waals surface area (Å²) in [7, 11) is 0. The minimum absolute atomic E-state index is 0.208. The Balaban J connectivity index is 1.37. The van der Waals surface area contributed by atoms with Crippen molar-refractivity contribution >= 4 is 28.4 Å². The Morgan fingerprint density at radius 1 is 0.536 bits per heavy atom. The second kappa shape index (κ2) is 8.43. The molecule has 3 aromatic carbocycles. The van der Waals surface area contributed by atoms with E-state index in [1.54, 1.807) is 24.3 Å². The van der Waals surface area contributed by atoms with E-state index in [-0.39, 0.29) is 5.75 Å². The first-order chi connectivity index (χ1) is 13.8. The molecule has 0 unspecified atom stereocenters. The number of azo groups is 2. The number of hydrogen-bond donors (Lipinski definition) is 1. The number of aromatic hydroxyl groups is 1. The second-order valence-electron chi connectivity index (χ2n) is 6.64. The zero-order valence-electron chi connectivity index (χ0n) is 15.4. The van der Waals surface area contributed by atoms with E-state index >= 15 is 0 Å². The van der Waals surface area contributed by atoms with Crippen LogP contribution in [0.15, 0.2) is 93.3 Å². The van der Waals surface area contributed by atoms with Gasteiger partial charge in [-0.05, 0) is 85.6 Å². The molecule has 1 aliphatic heterocycles. The van der Waals surface area contributed by atoms with Crippen LogP contribution >= 0.6 is 0 Å². The first-order valence-electron chi connectivity index (χ1n) is 9.34. The molecule has 4 rings (SSSR count). The number of nitrogens with zero attached hydrogens (tertiary/aromatic N) is 5. The molecule has 3 aromatic rings. The highest BCUT2D eigenvalue weighted by molar-refractivity contribution is 5.54. The number of rotatable bonds is 5. The summed E-state index contributed by atoms with van der Waals surface area (Å²) in [4.78, 5) is 2.40. The van der Waals surface area contributed by atoms with E-state index in [1.807, 2.05) is 36.4 Å². The molecule has 0 saturated carbocycles. The van der Waals surface area contributed by atoms with E-state index in [1.165, 1.54) is 18.5 Å². The molecule has 1 N–H and O–H groups in total. The summed E-state index contributed by atoms with van der Waals surface area (Å²) in [6, 6.07) is 22.2. The topological polar surface area (TPSA) is 72.9 Å². The van der Waals surface area contributed by atoms with Gasteiger partial charge in [0.05, 0.1) is 22.7 Å². The van der Waals surface area contributed by atoms with Crippen molar-refractivity contribution in [3.05, 3.63) is 72.8 Å². The average molecular weight is 371 g/mol. The molecule has 0 spiro atoms. The van der Waals surface area contributed by atoms with Crippen LogP contribution in [0.2, 0.25) is 0 Å². The fraction of sp³-hybridized carbons (Fsp3) is 0.182. The first-order valence-corrected chi connectivity index (χ1v) is 9.34. The highest BCUT2D eigenvalue weighted by Gasteiger charge is 2.11. The molecule has 1 fully saturated rings. The molecular formula is C22H21N5O. The SMILES string of the molecule is Oc1ccc(/N=N/c2ccc(/N=N/c3ccc(N4CCCC4)cc3)cc2)cc1. The summed E-state index contributed by atoms with van der Waals surface area (Å²) >= 11 is 0. The third-order valence-electron chi connectivity index (χ3n) is 4.58. The molecular weight excluding hydrogens is 350 g/mol. The van der Waals surface area contributed by atoms with Crippen molar-refractivity contribution in [2.24, 2.45) is 20.5 Å². The molecule has 1 saturated heterocycles. The van der Waals surface area contributed by atoms with Crippen molar-refractivity contribution in [1.82, 2.24) is 0 Å². The Morgan fingerprint density at radius 2 is 0.893 bits per heavy atom. The van der Waals surface area contributed by atoms with E-state index in [2.05, 4.69) is 37.5 Å². The maximum atomic E-state index is 9.27. The predicted molar refractivity (Wildman–Crippen MR) is 111 cm³/mol. The van der Waals surface area contributed by atoms with E-state index in [0.717, 1.165) is 30.2 Å².